The van der Waals surface area contributed by atoms with E-state index in [1.165, 1.54) is 0 Å². The van der Waals surface area contributed by atoms with Crippen LogP contribution < -0.4 is 0 Å². The molecule has 4 heteroatoms. The van der Waals surface area contributed by atoms with Gasteiger partial charge in [0, 0.05) is 0 Å². The Morgan fingerprint density at radius 1 is 1.15 bits per heavy atom. The van der Waals surface area contributed by atoms with E-state index >= 15 is 0 Å². The molecule has 0 amide bonds. The molecule has 0 aliphatic heterocycles. The number of hydrogen-bond acceptors (Lipinski definition) is 4. The maximum atomic E-state index is 11.1. The van der Waals surface area contributed by atoms with Gasteiger partial charge in [0.25, 0.3) is 0 Å². The van der Waals surface area contributed by atoms with Crippen LogP contribution in [0, 0.1) is 5.92 Å². The van der Waals surface area contributed by atoms with E-state index in [0.717, 1.165) is 0 Å². The van der Waals surface area contributed by atoms with Crippen molar-refractivity contribution in [1.29, 1.82) is 0 Å². The molecular formula is C9H16O4. The van der Waals surface area contributed by atoms with E-state index in [-0.39, 0.29) is 18.4 Å². The highest BCUT2D eigenvalue weighted by molar-refractivity contribution is 5.79. The first-order valence-corrected chi connectivity index (χ1v) is 4.44. The predicted octanol–water partition coefficient (Wildman–Crippen LogP) is 1.14. The fraction of sp³-hybridized carbons (Fsp3) is 0.778. The van der Waals surface area contributed by atoms with Crippen molar-refractivity contribution in [3.63, 3.8) is 0 Å². The number of esters is 2. The zero-order valence-electron chi connectivity index (χ0n) is 8.33. The van der Waals surface area contributed by atoms with Crippen molar-refractivity contribution in [1.82, 2.24) is 0 Å². The smallest absolute Gasteiger partial charge is 0.309 e. The highest BCUT2D eigenvalue weighted by atomic mass is 16.5. The first-order valence-electron chi connectivity index (χ1n) is 4.44. The van der Waals surface area contributed by atoms with Gasteiger partial charge in [0.2, 0.25) is 0 Å². The third-order valence-electron chi connectivity index (χ3n) is 1.47. The van der Waals surface area contributed by atoms with E-state index in [1.54, 1.807) is 20.8 Å². The molecule has 0 saturated carbocycles. The molecule has 1 atom stereocenters. The summed E-state index contributed by atoms with van der Waals surface area (Å²) in [6.07, 6.45) is 0.0900. The molecular weight excluding hydrogens is 172 g/mol. The number of hydrogen-bond donors (Lipinski definition) is 0. The number of carbonyl (C=O) groups excluding carboxylic acids is 2. The lowest BCUT2D eigenvalue weighted by Crippen LogP contribution is -2.19. The molecule has 0 heterocycles. The molecule has 0 unspecified atom stereocenters. The summed E-state index contributed by atoms with van der Waals surface area (Å²) in [6, 6.07) is 0. The molecule has 76 valence electrons. The van der Waals surface area contributed by atoms with Crippen molar-refractivity contribution in [2.45, 2.75) is 27.2 Å². The summed E-state index contributed by atoms with van der Waals surface area (Å²) in [7, 11) is 0. The normalized spacial score (nSPS) is 11.9. The minimum absolute atomic E-state index is 0.0900. The van der Waals surface area contributed by atoms with Gasteiger partial charge in [0.1, 0.15) is 0 Å². The molecule has 0 aromatic carbocycles. The molecule has 0 N–H and O–H groups in total. The fourth-order valence-electron chi connectivity index (χ4n) is 0.838. The van der Waals surface area contributed by atoms with E-state index < -0.39 is 5.92 Å². The van der Waals surface area contributed by atoms with Gasteiger partial charge in [-0.1, -0.05) is 6.92 Å². The molecule has 0 aromatic heterocycles. The average molecular weight is 188 g/mol. The largest absolute Gasteiger partial charge is 0.466 e. The Labute approximate surface area is 78.2 Å². The van der Waals surface area contributed by atoms with Crippen LogP contribution in [0.4, 0.5) is 0 Å². The molecule has 0 bridgehead atoms. The molecule has 13 heavy (non-hydrogen) atoms. The summed E-state index contributed by atoms with van der Waals surface area (Å²) < 4.78 is 9.43. The van der Waals surface area contributed by atoms with Gasteiger partial charge in [-0.05, 0) is 13.8 Å². The lowest BCUT2D eigenvalue weighted by atomic mass is 10.1. The summed E-state index contributed by atoms with van der Waals surface area (Å²) in [6.45, 7) is 5.79. The minimum Gasteiger partial charge on any atom is -0.466 e. The Hall–Kier alpha value is -1.06. The van der Waals surface area contributed by atoms with Gasteiger partial charge >= 0.3 is 11.9 Å². The molecule has 0 saturated heterocycles. The van der Waals surface area contributed by atoms with E-state index in [0.29, 0.717) is 13.2 Å². The van der Waals surface area contributed by atoms with E-state index in [4.69, 9.17) is 9.47 Å². The second-order valence-corrected chi connectivity index (χ2v) is 2.66. The highest BCUT2D eigenvalue weighted by Crippen LogP contribution is 2.05. The summed E-state index contributed by atoms with van der Waals surface area (Å²) in [5.41, 5.74) is 0. The van der Waals surface area contributed by atoms with Crippen LogP contribution >= 0.6 is 0 Å². The van der Waals surface area contributed by atoms with Gasteiger partial charge in [0.05, 0.1) is 25.6 Å². The Morgan fingerprint density at radius 2 is 1.69 bits per heavy atom. The number of carbonyl (C=O) groups is 2. The van der Waals surface area contributed by atoms with E-state index in [2.05, 4.69) is 0 Å². The van der Waals surface area contributed by atoms with Gasteiger partial charge in [-0.25, -0.2) is 0 Å². The first-order chi connectivity index (χ1) is 6.11. The van der Waals surface area contributed by atoms with Crippen LogP contribution in [-0.2, 0) is 19.1 Å². The van der Waals surface area contributed by atoms with Crippen molar-refractivity contribution < 1.29 is 19.1 Å². The standard InChI is InChI=1S/C9H16O4/c1-4-12-8(10)6-7(3)9(11)13-5-2/h7H,4-6H2,1-3H3/t7-/m0/s1. The van der Waals surface area contributed by atoms with Crippen LogP contribution in [0.15, 0.2) is 0 Å². The van der Waals surface area contributed by atoms with Crippen molar-refractivity contribution in [2.75, 3.05) is 13.2 Å². The van der Waals surface area contributed by atoms with Gasteiger partial charge in [-0.3, -0.25) is 9.59 Å². The molecule has 0 fully saturated rings. The Morgan fingerprint density at radius 3 is 2.15 bits per heavy atom. The van der Waals surface area contributed by atoms with Gasteiger partial charge < -0.3 is 9.47 Å². The van der Waals surface area contributed by atoms with Crippen LogP contribution in [0.25, 0.3) is 0 Å². The maximum Gasteiger partial charge on any atom is 0.309 e. The average Bonchev–Trinajstić information content (AvgIpc) is 2.05. The molecule has 0 radical (unpaired) electrons. The number of ether oxygens (including phenoxy) is 2. The zero-order valence-corrected chi connectivity index (χ0v) is 8.33. The molecule has 0 rings (SSSR count). The SMILES string of the molecule is CCOC(=O)C[C@H](C)C(=O)OCC. The number of rotatable bonds is 5. The van der Waals surface area contributed by atoms with Crippen molar-refractivity contribution in [3.05, 3.63) is 0 Å². The van der Waals surface area contributed by atoms with E-state index in [9.17, 15) is 9.59 Å². The fourth-order valence-corrected chi connectivity index (χ4v) is 0.838. The van der Waals surface area contributed by atoms with Crippen LogP contribution in [0.5, 0.6) is 0 Å². The highest BCUT2D eigenvalue weighted by Gasteiger charge is 2.18. The Bertz CT molecular complexity index is 176. The van der Waals surface area contributed by atoms with Gasteiger partial charge in [-0.15, -0.1) is 0 Å². The second kappa shape index (κ2) is 6.46. The van der Waals surface area contributed by atoms with Crippen LogP contribution in [0.2, 0.25) is 0 Å². The Kier molecular flexibility index (Phi) is 5.93. The summed E-state index contributed by atoms with van der Waals surface area (Å²) in [5.74, 6) is -1.13. The van der Waals surface area contributed by atoms with Gasteiger partial charge in [0.15, 0.2) is 0 Å². The molecule has 0 aliphatic carbocycles. The third kappa shape index (κ3) is 5.22. The monoisotopic (exact) mass is 188 g/mol. The molecule has 0 spiro atoms. The summed E-state index contributed by atoms with van der Waals surface area (Å²) in [5, 5.41) is 0. The van der Waals surface area contributed by atoms with Crippen molar-refractivity contribution >= 4 is 11.9 Å². The lowest BCUT2D eigenvalue weighted by Gasteiger charge is -2.08. The molecule has 0 aliphatic rings. The Balaban J connectivity index is 3.78. The maximum absolute atomic E-state index is 11.1. The van der Waals surface area contributed by atoms with Crippen LogP contribution in [0.3, 0.4) is 0 Å². The van der Waals surface area contributed by atoms with Gasteiger partial charge in [-0.2, -0.15) is 0 Å². The van der Waals surface area contributed by atoms with E-state index in [1.807, 2.05) is 0 Å². The van der Waals surface area contributed by atoms with Crippen molar-refractivity contribution in [2.24, 2.45) is 5.92 Å². The lowest BCUT2D eigenvalue weighted by molar-refractivity contribution is -0.154. The quantitative estimate of drug-likeness (QED) is 0.607. The zero-order chi connectivity index (χ0) is 10.3. The topological polar surface area (TPSA) is 52.6 Å². The van der Waals surface area contributed by atoms with Crippen LogP contribution in [0.1, 0.15) is 27.2 Å². The van der Waals surface area contributed by atoms with Crippen LogP contribution in [-0.4, -0.2) is 25.2 Å². The van der Waals surface area contributed by atoms with Crippen molar-refractivity contribution in [3.8, 4) is 0 Å². The molecule has 0 aromatic rings. The summed E-state index contributed by atoms with van der Waals surface area (Å²) >= 11 is 0. The third-order valence-corrected chi connectivity index (χ3v) is 1.47. The minimum atomic E-state index is -0.418. The predicted molar refractivity (Wildman–Crippen MR) is 47.0 cm³/mol. The molecule has 4 nitrogen and oxygen atoms in total. The second-order valence-electron chi connectivity index (χ2n) is 2.66. The first kappa shape index (κ1) is 11.9. The summed E-state index contributed by atoms with van der Waals surface area (Å²) in [4.78, 5) is 22.0.